The number of benzene rings is 2. The first kappa shape index (κ1) is 18.6. The molecular formula is C17H18F2N2O4. The lowest BCUT2D eigenvalue weighted by Gasteiger charge is -2.19. The van der Waals surface area contributed by atoms with E-state index in [-0.39, 0.29) is 6.61 Å². The number of amides is 1. The average molecular weight is 352 g/mol. The summed E-state index contributed by atoms with van der Waals surface area (Å²) >= 11 is 0. The van der Waals surface area contributed by atoms with Crippen LogP contribution in [0.3, 0.4) is 0 Å². The predicted octanol–water partition coefficient (Wildman–Crippen LogP) is 1.87. The Bertz CT molecular complexity index is 728. The summed E-state index contributed by atoms with van der Waals surface area (Å²) in [5.74, 6) is -2.66. The Morgan fingerprint density at radius 2 is 1.80 bits per heavy atom. The van der Waals surface area contributed by atoms with Crippen LogP contribution in [0.25, 0.3) is 0 Å². The molecule has 2 aromatic carbocycles. The van der Waals surface area contributed by atoms with Gasteiger partial charge in [-0.3, -0.25) is 0 Å². The Balaban J connectivity index is 1.86. The van der Waals surface area contributed by atoms with Crippen molar-refractivity contribution in [1.29, 1.82) is 0 Å². The third-order valence-electron chi connectivity index (χ3n) is 3.49. The van der Waals surface area contributed by atoms with E-state index in [0.717, 1.165) is 17.7 Å². The maximum atomic E-state index is 13.7. The molecular weight excluding hydrogens is 334 g/mol. The SMILES string of the molecule is Nc1ccc(C(O)C(O)CNC(=O)OCc2ccccc2)c(F)c1F. The second-order valence-corrected chi connectivity index (χ2v) is 5.33. The van der Waals surface area contributed by atoms with E-state index in [9.17, 15) is 23.8 Å². The van der Waals surface area contributed by atoms with Crippen LogP contribution in [0.4, 0.5) is 19.3 Å². The third kappa shape index (κ3) is 4.88. The highest BCUT2D eigenvalue weighted by atomic mass is 19.2. The fraction of sp³-hybridized carbons (Fsp3) is 0.235. The van der Waals surface area contributed by atoms with Gasteiger partial charge in [0.25, 0.3) is 0 Å². The number of hydrogen-bond donors (Lipinski definition) is 4. The Hall–Kier alpha value is -2.71. The van der Waals surface area contributed by atoms with Crippen molar-refractivity contribution >= 4 is 11.8 Å². The van der Waals surface area contributed by atoms with E-state index in [1.165, 1.54) is 0 Å². The van der Waals surface area contributed by atoms with Gasteiger partial charge < -0.3 is 26.0 Å². The topological polar surface area (TPSA) is 105 Å². The molecule has 134 valence electrons. The van der Waals surface area contributed by atoms with Crippen molar-refractivity contribution in [2.45, 2.75) is 18.8 Å². The Kier molecular flexibility index (Phi) is 6.26. The number of rotatable bonds is 6. The second-order valence-electron chi connectivity index (χ2n) is 5.33. The standard InChI is InChI=1S/C17H18F2N2O4/c18-14-11(6-7-12(20)15(14)19)16(23)13(22)8-21-17(24)25-9-10-4-2-1-3-5-10/h1-7,13,16,22-23H,8-9,20H2,(H,21,24). The highest BCUT2D eigenvalue weighted by molar-refractivity contribution is 5.67. The summed E-state index contributed by atoms with van der Waals surface area (Å²) in [7, 11) is 0. The maximum absolute atomic E-state index is 13.7. The molecule has 0 aliphatic rings. The molecule has 0 heterocycles. The number of nitrogen functional groups attached to an aromatic ring is 1. The van der Waals surface area contributed by atoms with Crippen molar-refractivity contribution in [3.8, 4) is 0 Å². The number of anilines is 1. The van der Waals surface area contributed by atoms with Crippen molar-refractivity contribution in [2.75, 3.05) is 12.3 Å². The number of carbonyl (C=O) groups excluding carboxylic acids is 1. The minimum absolute atomic E-state index is 0.0309. The molecule has 2 unspecified atom stereocenters. The van der Waals surface area contributed by atoms with Gasteiger partial charge in [0.15, 0.2) is 11.6 Å². The first-order chi connectivity index (χ1) is 11.9. The number of alkyl carbamates (subject to hydrolysis) is 1. The van der Waals surface area contributed by atoms with Crippen LogP contribution in [-0.4, -0.2) is 29.0 Å². The molecule has 25 heavy (non-hydrogen) atoms. The maximum Gasteiger partial charge on any atom is 0.407 e. The molecule has 2 rings (SSSR count). The van der Waals surface area contributed by atoms with Crippen LogP contribution in [0, 0.1) is 11.6 Å². The molecule has 0 radical (unpaired) electrons. The van der Waals surface area contributed by atoms with E-state index < -0.39 is 47.7 Å². The first-order valence-electron chi connectivity index (χ1n) is 7.44. The van der Waals surface area contributed by atoms with Crippen LogP contribution < -0.4 is 11.1 Å². The van der Waals surface area contributed by atoms with Gasteiger partial charge in [0.1, 0.15) is 18.8 Å². The molecule has 0 spiro atoms. The van der Waals surface area contributed by atoms with Gasteiger partial charge in [-0.2, -0.15) is 0 Å². The molecule has 0 aliphatic heterocycles. The largest absolute Gasteiger partial charge is 0.445 e. The van der Waals surface area contributed by atoms with Crippen LogP contribution in [0.1, 0.15) is 17.2 Å². The van der Waals surface area contributed by atoms with Crippen LogP contribution in [-0.2, 0) is 11.3 Å². The van der Waals surface area contributed by atoms with Crippen molar-refractivity contribution in [3.05, 3.63) is 65.2 Å². The summed E-state index contributed by atoms with van der Waals surface area (Å²) in [4.78, 5) is 11.6. The molecule has 6 nitrogen and oxygen atoms in total. The highest BCUT2D eigenvalue weighted by Crippen LogP contribution is 2.25. The number of carbonyl (C=O) groups is 1. The predicted molar refractivity (Wildman–Crippen MR) is 86.4 cm³/mol. The summed E-state index contributed by atoms with van der Waals surface area (Å²) in [6.45, 7) is -0.386. The minimum Gasteiger partial charge on any atom is -0.445 e. The monoisotopic (exact) mass is 352 g/mol. The van der Waals surface area contributed by atoms with Gasteiger partial charge in [-0.05, 0) is 11.6 Å². The molecule has 0 bridgehead atoms. The van der Waals surface area contributed by atoms with Gasteiger partial charge in [-0.15, -0.1) is 0 Å². The van der Waals surface area contributed by atoms with E-state index >= 15 is 0 Å². The first-order valence-corrected chi connectivity index (χ1v) is 7.44. The zero-order valence-corrected chi connectivity index (χ0v) is 13.2. The molecule has 0 aliphatic carbocycles. The summed E-state index contributed by atoms with van der Waals surface area (Å²) in [5.41, 5.74) is 5.12. The number of nitrogens with two attached hydrogens (primary N) is 1. The van der Waals surface area contributed by atoms with Crippen molar-refractivity contribution in [2.24, 2.45) is 0 Å². The minimum atomic E-state index is -1.75. The highest BCUT2D eigenvalue weighted by Gasteiger charge is 2.24. The van der Waals surface area contributed by atoms with Gasteiger partial charge in [-0.1, -0.05) is 36.4 Å². The number of ether oxygens (including phenoxy) is 1. The van der Waals surface area contributed by atoms with Crippen molar-refractivity contribution < 1.29 is 28.5 Å². The van der Waals surface area contributed by atoms with E-state index in [1.807, 2.05) is 6.07 Å². The van der Waals surface area contributed by atoms with Crippen LogP contribution >= 0.6 is 0 Å². The molecule has 1 amide bonds. The molecule has 0 fully saturated rings. The lowest BCUT2D eigenvalue weighted by Crippen LogP contribution is -2.36. The summed E-state index contributed by atoms with van der Waals surface area (Å²) in [6, 6.07) is 11.1. The molecule has 0 saturated carbocycles. The third-order valence-corrected chi connectivity index (χ3v) is 3.49. The molecule has 8 heteroatoms. The molecule has 0 aromatic heterocycles. The normalized spacial score (nSPS) is 13.1. The van der Waals surface area contributed by atoms with E-state index in [4.69, 9.17) is 10.5 Å². The quantitative estimate of drug-likeness (QED) is 0.594. The zero-order valence-electron chi connectivity index (χ0n) is 13.2. The lowest BCUT2D eigenvalue weighted by molar-refractivity contribution is 0.0161. The Labute approximate surface area is 142 Å². The Morgan fingerprint density at radius 1 is 1.12 bits per heavy atom. The van der Waals surface area contributed by atoms with Gasteiger partial charge in [0.2, 0.25) is 0 Å². The van der Waals surface area contributed by atoms with E-state index in [1.54, 1.807) is 24.3 Å². The van der Waals surface area contributed by atoms with Crippen molar-refractivity contribution in [1.82, 2.24) is 5.32 Å². The van der Waals surface area contributed by atoms with Crippen LogP contribution in [0.5, 0.6) is 0 Å². The number of nitrogens with one attached hydrogen (secondary N) is 1. The molecule has 0 saturated heterocycles. The smallest absolute Gasteiger partial charge is 0.407 e. The van der Waals surface area contributed by atoms with Gasteiger partial charge in [0, 0.05) is 12.1 Å². The number of hydrogen-bond acceptors (Lipinski definition) is 5. The number of halogens is 2. The number of aliphatic hydroxyl groups is 2. The van der Waals surface area contributed by atoms with Crippen molar-refractivity contribution in [3.63, 3.8) is 0 Å². The summed E-state index contributed by atoms with van der Waals surface area (Å²) in [6.07, 6.45) is -4.13. The molecule has 5 N–H and O–H groups in total. The van der Waals surface area contributed by atoms with Crippen LogP contribution in [0.15, 0.2) is 42.5 Å². The second kappa shape index (κ2) is 8.41. The average Bonchev–Trinajstić information content (AvgIpc) is 2.63. The lowest BCUT2D eigenvalue weighted by atomic mass is 10.0. The fourth-order valence-corrected chi connectivity index (χ4v) is 2.09. The number of aliphatic hydroxyl groups excluding tert-OH is 2. The molecule has 2 atom stereocenters. The zero-order chi connectivity index (χ0) is 18.4. The van der Waals surface area contributed by atoms with E-state index in [2.05, 4.69) is 5.32 Å². The molecule has 2 aromatic rings. The fourth-order valence-electron chi connectivity index (χ4n) is 2.09. The Morgan fingerprint density at radius 3 is 2.48 bits per heavy atom. The summed E-state index contributed by atoms with van der Waals surface area (Å²) in [5, 5.41) is 22.0. The summed E-state index contributed by atoms with van der Waals surface area (Å²) < 4.78 is 32.1. The van der Waals surface area contributed by atoms with Gasteiger partial charge >= 0.3 is 6.09 Å². The van der Waals surface area contributed by atoms with Gasteiger partial charge in [-0.25, -0.2) is 13.6 Å². The van der Waals surface area contributed by atoms with Crippen LogP contribution in [0.2, 0.25) is 0 Å². The van der Waals surface area contributed by atoms with E-state index in [0.29, 0.717) is 0 Å². The van der Waals surface area contributed by atoms with Gasteiger partial charge in [0.05, 0.1) is 5.69 Å².